The van der Waals surface area contributed by atoms with Crippen molar-refractivity contribution in [1.82, 2.24) is 9.90 Å². The number of benzene rings is 1. The summed E-state index contributed by atoms with van der Waals surface area (Å²) in [6, 6.07) is 9.81. The summed E-state index contributed by atoms with van der Waals surface area (Å²) in [4.78, 5) is 0.833. The van der Waals surface area contributed by atoms with Crippen molar-refractivity contribution in [3.8, 4) is 5.69 Å². The summed E-state index contributed by atoms with van der Waals surface area (Å²) < 4.78 is 1.75. The maximum absolute atomic E-state index is 12.3. The fraction of sp³-hybridized carbons (Fsp3) is 0.467. The van der Waals surface area contributed by atoms with E-state index in [4.69, 9.17) is 0 Å². The zero-order valence-corrected chi connectivity index (χ0v) is 14.1. The molecule has 1 heterocycles. The summed E-state index contributed by atoms with van der Waals surface area (Å²) in [6.45, 7) is 13.1. The number of para-hydroxylation sites is 1. The molecule has 0 bridgehead atoms. The lowest BCUT2D eigenvalue weighted by Crippen LogP contribution is -2.63. The Bertz CT molecular complexity index is 612. The van der Waals surface area contributed by atoms with E-state index < -0.39 is 8.07 Å². The minimum absolute atomic E-state index is 0.106. The van der Waals surface area contributed by atoms with Gasteiger partial charge in [-0.25, -0.2) is 0 Å². The molecule has 0 radical (unpaired) electrons. The molecule has 1 aromatic carbocycles. The smallest absolute Gasteiger partial charge is 0.169 e. The highest BCUT2D eigenvalue weighted by atomic mass is 28.3. The Kier molecular flexibility index (Phi) is 3.50. The molecular formula is C15H23N3OSi. The third-order valence-corrected chi connectivity index (χ3v) is 9.98. The summed E-state index contributed by atoms with van der Waals surface area (Å²) in [5.74, 6) is 0. The molecule has 20 heavy (non-hydrogen) atoms. The molecule has 0 saturated carbocycles. The van der Waals surface area contributed by atoms with E-state index in [1.807, 2.05) is 37.3 Å². The van der Waals surface area contributed by atoms with Crippen LogP contribution in [0.2, 0.25) is 18.1 Å². The molecule has 2 rings (SSSR count). The van der Waals surface area contributed by atoms with Crippen LogP contribution in [0.15, 0.2) is 30.3 Å². The first-order valence-corrected chi connectivity index (χ1v) is 9.91. The molecular weight excluding hydrogens is 266 g/mol. The first-order chi connectivity index (χ1) is 9.16. The zero-order valence-electron chi connectivity index (χ0n) is 13.1. The average molecular weight is 289 g/mol. The Morgan fingerprint density at radius 3 is 2.20 bits per heavy atom. The molecule has 5 heteroatoms. The molecule has 0 aliphatic carbocycles. The summed E-state index contributed by atoms with van der Waals surface area (Å²) in [5.41, 5.74) is 1.89. The summed E-state index contributed by atoms with van der Waals surface area (Å²) >= 11 is 0. The van der Waals surface area contributed by atoms with Gasteiger partial charge < -0.3 is 5.21 Å². The monoisotopic (exact) mass is 289 g/mol. The SMILES string of the molecule is Cc1c([Si](C)(C)C(C)(C)C)[n+]([O-])nn1-c1ccccc1. The maximum Gasteiger partial charge on any atom is 0.169 e. The van der Waals surface area contributed by atoms with Gasteiger partial charge in [0.1, 0.15) is 8.07 Å². The molecule has 0 amide bonds. The van der Waals surface area contributed by atoms with Crippen LogP contribution in [0.4, 0.5) is 0 Å². The van der Waals surface area contributed by atoms with E-state index in [1.54, 1.807) is 4.68 Å². The molecule has 108 valence electrons. The molecule has 2 aromatic rings. The van der Waals surface area contributed by atoms with Crippen LogP contribution < -0.4 is 10.2 Å². The Hall–Kier alpha value is -1.62. The van der Waals surface area contributed by atoms with Gasteiger partial charge in [0, 0.05) is 6.92 Å². The van der Waals surface area contributed by atoms with E-state index in [9.17, 15) is 5.21 Å². The second-order valence-electron chi connectivity index (χ2n) is 6.82. The highest BCUT2D eigenvalue weighted by Crippen LogP contribution is 2.35. The third-order valence-electron chi connectivity index (χ3n) is 4.49. The highest BCUT2D eigenvalue weighted by molar-refractivity contribution is 6.91. The van der Waals surface area contributed by atoms with Crippen LogP contribution in [0.3, 0.4) is 0 Å². The number of hydrogen-bond acceptors (Lipinski definition) is 2. The molecule has 4 nitrogen and oxygen atoms in total. The van der Waals surface area contributed by atoms with Gasteiger partial charge in [-0.3, -0.25) is 0 Å². The molecule has 0 saturated heterocycles. The van der Waals surface area contributed by atoms with E-state index in [-0.39, 0.29) is 5.04 Å². The Morgan fingerprint density at radius 1 is 1.15 bits per heavy atom. The van der Waals surface area contributed by atoms with Crippen molar-refractivity contribution < 1.29 is 4.85 Å². The second kappa shape index (κ2) is 4.73. The Morgan fingerprint density at radius 2 is 1.70 bits per heavy atom. The van der Waals surface area contributed by atoms with Gasteiger partial charge in [0.25, 0.3) is 0 Å². The molecule has 0 fully saturated rings. The molecule has 0 atom stereocenters. The standard InChI is InChI=1S/C15H23N3OSi/c1-12-14(20(5,6)15(2,3)4)18(19)16-17(12)13-10-8-7-9-11-13/h7-11H,1-6H3. The average Bonchev–Trinajstić information content (AvgIpc) is 2.65. The number of hydrogen-bond donors (Lipinski definition) is 0. The van der Waals surface area contributed by atoms with E-state index in [0.29, 0.717) is 0 Å². The van der Waals surface area contributed by atoms with E-state index in [0.717, 1.165) is 21.5 Å². The summed E-state index contributed by atoms with van der Waals surface area (Å²) in [5, 5.41) is 17.5. The van der Waals surface area contributed by atoms with Crippen molar-refractivity contribution in [3.05, 3.63) is 41.2 Å². The highest BCUT2D eigenvalue weighted by Gasteiger charge is 2.45. The van der Waals surface area contributed by atoms with Crippen molar-refractivity contribution in [2.75, 3.05) is 0 Å². The van der Waals surface area contributed by atoms with Crippen LogP contribution in [0.1, 0.15) is 26.5 Å². The lowest BCUT2D eigenvalue weighted by molar-refractivity contribution is -0.654. The van der Waals surface area contributed by atoms with Gasteiger partial charge >= 0.3 is 0 Å². The molecule has 0 aliphatic rings. The predicted molar refractivity (Wildman–Crippen MR) is 84.1 cm³/mol. The van der Waals surface area contributed by atoms with Crippen molar-refractivity contribution in [1.29, 1.82) is 0 Å². The van der Waals surface area contributed by atoms with Crippen molar-refractivity contribution in [2.45, 2.75) is 45.8 Å². The van der Waals surface area contributed by atoms with Gasteiger partial charge in [0.05, 0.1) is 5.21 Å². The summed E-state index contributed by atoms with van der Waals surface area (Å²) in [6.07, 6.45) is 0. The lowest BCUT2D eigenvalue weighted by Gasteiger charge is -2.34. The van der Waals surface area contributed by atoms with Gasteiger partial charge in [-0.15, -0.1) is 4.85 Å². The van der Waals surface area contributed by atoms with E-state index in [2.05, 4.69) is 39.1 Å². The fourth-order valence-corrected chi connectivity index (χ4v) is 4.54. The van der Waals surface area contributed by atoms with Gasteiger partial charge in [0.15, 0.2) is 16.7 Å². The zero-order chi connectivity index (χ0) is 15.1. The van der Waals surface area contributed by atoms with Crippen LogP contribution >= 0.6 is 0 Å². The first-order valence-electron chi connectivity index (χ1n) is 6.91. The molecule has 0 N–H and O–H groups in total. The van der Waals surface area contributed by atoms with Crippen LogP contribution in [0.5, 0.6) is 0 Å². The predicted octanol–water partition coefficient (Wildman–Crippen LogP) is 2.53. The van der Waals surface area contributed by atoms with Crippen molar-refractivity contribution in [2.24, 2.45) is 0 Å². The van der Waals surface area contributed by atoms with E-state index in [1.165, 1.54) is 0 Å². The number of aromatic nitrogens is 3. The quantitative estimate of drug-likeness (QED) is 0.484. The van der Waals surface area contributed by atoms with Crippen molar-refractivity contribution in [3.63, 3.8) is 0 Å². The van der Waals surface area contributed by atoms with Gasteiger partial charge in [-0.2, -0.15) is 0 Å². The fourth-order valence-electron chi connectivity index (χ4n) is 2.29. The third kappa shape index (κ3) is 2.26. The largest absolute Gasteiger partial charge is 0.691 e. The Balaban J connectivity index is 2.62. The van der Waals surface area contributed by atoms with Crippen LogP contribution in [-0.4, -0.2) is 18.0 Å². The minimum atomic E-state index is -1.92. The first kappa shape index (κ1) is 14.8. The van der Waals surface area contributed by atoms with Gasteiger partial charge in [-0.1, -0.05) is 56.7 Å². The second-order valence-corrected chi connectivity index (χ2v) is 12.0. The Labute approximate surface area is 121 Å². The lowest BCUT2D eigenvalue weighted by atomic mass is 10.2. The van der Waals surface area contributed by atoms with Crippen molar-refractivity contribution >= 4 is 13.4 Å². The number of rotatable bonds is 2. The van der Waals surface area contributed by atoms with Crippen LogP contribution in [-0.2, 0) is 0 Å². The molecule has 0 aliphatic heterocycles. The molecule has 1 aromatic heterocycles. The molecule has 0 spiro atoms. The molecule has 0 unspecified atom stereocenters. The maximum atomic E-state index is 12.3. The normalized spacial score (nSPS) is 12.7. The van der Waals surface area contributed by atoms with Crippen LogP contribution in [0, 0.1) is 12.1 Å². The topological polar surface area (TPSA) is 44.8 Å². The van der Waals surface area contributed by atoms with E-state index >= 15 is 0 Å². The van der Waals surface area contributed by atoms with Crippen LogP contribution in [0.25, 0.3) is 5.69 Å². The van der Waals surface area contributed by atoms with Gasteiger partial charge in [0.2, 0.25) is 0 Å². The summed E-state index contributed by atoms with van der Waals surface area (Å²) in [7, 11) is -1.92. The number of nitrogens with zero attached hydrogens (tertiary/aromatic N) is 3. The van der Waals surface area contributed by atoms with Gasteiger partial charge in [-0.05, 0) is 17.2 Å². The minimum Gasteiger partial charge on any atom is -0.691 e.